The van der Waals surface area contributed by atoms with E-state index in [9.17, 15) is 4.79 Å². The second kappa shape index (κ2) is 8.14. The first kappa shape index (κ1) is 19.3. The molecule has 1 aliphatic rings. The number of nitrogens with two attached hydrogens (primary N) is 1. The summed E-state index contributed by atoms with van der Waals surface area (Å²) in [6, 6.07) is 9.31. The number of fused-ring (bicyclic) bond motifs is 1. The maximum atomic E-state index is 12.9. The van der Waals surface area contributed by atoms with Gasteiger partial charge in [0.2, 0.25) is 11.8 Å². The van der Waals surface area contributed by atoms with Crippen molar-refractivity contribution in [2.24, 2.45) is 5.73 Å². The van der Waals surface area contributed by atoms with Gasteiger partial charge < -0.3 is 19.8 Å². The van der Waals surface area contributed by atoms with E-state index in [1.165, 1.54) is 0 Å². The van der Waals surface area contributed by atoms with Gasteiger partial charge in [0.1, 0.15) is 30.4 Å². The van der Waals surface area contributed by atoms with E-state index in [-0.39, 0.29) is 18.5 Å². The number of nitrogens with zero attached hydrogens (tertiary/aromatic N) is 5. The molecule has 0 fully saturated rings. The van der Waals surface area contributed by atoms with Crippen molar-refractivity contribution in [2.75, 3.05) is 13.7 Å². The van der Waals surface area contributed by atoms with Crippen molar-refractivity contribution in [1.29, 1.82) is 0 Å². The summed E-state index contributed by atoms with van der Waals surface area (Å²) in [4.78, 5) is 23.7. The number of hydrogen-bond acceptors (Lipinski definition) is 7. The topological polar surface area (TPSA) is 112 Å². The fourth-order valence-corrected chi connectivity index (χ4v) is 3.40. The summed E-state index contributed by atoms with van der Waals surface area (Å²) in [6.07, 6.45) is 0.630. The van der Waals surface area contributed by atoms with Crippen molar-refractivity contribution in [3.05, 3.63) is 53.5 Å². The largest absolute Gasteiger partial charge is 0.443 e. The summed E-state index contributed by atoms with van der Waals surface area (Å²) in [6.45, 7) is 3.21. The summed E-state index contributed by atoms with van der Waals surface area (Å²) in [5.74, 6) is 2.45. The Morgan fingerprint density at radius 2 is 2.10 bits per heavy atom. The van der Waals surface area contributed by atoms with Crippen LogP contribution in [0.15, 0.2) is 34.7 Å². The van der Waals surface area contributed by atoms with Crippen LogP contribution in [0.3, 0.4) is 0 Å². The SMILES string of the molecule is COCc1nc2c(o1)CCN(C(=O)Cn1nc(-c3ccccc3)nc1[C@H](C)N)C2. The van der Waals surface area contributed by atoms with Crippen LogP contribution in [0.2, 0.25) is 0 Å². The van der Waals surface area contributed by atoms with E-state index in [1.807, 2.05) is 37.3 Å². The summed E-state index contributed by atoms with van der Waals surface area (Å²) < 4.78 is 12.3. The van der Waals surface area contributed by atoms with Crippen LogP contribution >= 0.6 is 0 Å². The number of aromatic nitrogens is 4. The van der Waals surface area contributed by atoms with E-state index in [1.54, 1.807) is 16.7 Å². The van der Waals surface area contributed by atoms with Crippen molar-refractivity contribution in [3.63, 3.8) is 0 Å². The molecular weight excluding hydrogens is 372 g/mol. The first-order valence-electron chi connectivity index (χ1n) is 9.55. The molecule has 4 rings (SSSR count). The first-order valence-corrected chi connectivity index (χ1v) is 9.55. The molecule has 0 spiro atoms. The normalized spacial score (nSPS) is 14.7. The molecule has 9 heteroatoms. The van der Waals surface area contributed by atoms with E-state index in [0.29, 0.717) is 43.7 Å². The fourth-order valence-electron chi connectivity index (χ4n) is 3.40. The molecule has 2 aromatic heterocycles. The molecule has 1 atom stereocenters. The van der Waals surface area contributed by atoms with Gasteiger partial charge in [0.15, 0.2) is 5.82 Å². The van der Waals surface area contributed by atoms with Gasteiger partial charge in [-0.1, -0.05) is 30.3 Å². The highest BCUT2D eigenvalue weighted by molar-refractivity contribution is 5.76. The van der Waals surface area contributed by atoms with E-state index < -0.39 is 0 Å². The molecule has 0 aliphatic carbocycles. The number of hydrogen-bond donors (Lipinski definition) is 1. The van der Waals surface area contributed by atoms with Crippen molar-refractivity contribution in [2.45, 2.75) is 39.1 Å². The molecule has 1 aliphatic heterocycles. The summed E-state index contributed by atoms with van der Waals surface area (Å²) in [5, 5.41) is 4.54. The van der Waals surface area contributed by atoms with E-state index in [4.69, 9.17) is 14.9 Å². The molecule has 1 amide bonds. The van der Waals surface area contributed by atoms with Crippen molar-refractivity contribution in [1.82, 2.24) is 24.6 Å². The lowest BCUT2D eigenvalue weighted by molar-refractivity contribution is -0.133. The van der Waals surface area contributed by atoms with Crippen LogP contribution in [0.5, 0.6) is 0 Å². The van der Waals surface area contributed by atoms with Gasteiger partial charge in [0.05, 0.1) is 12.6 Å². The number of amides is 1. The van der Waals surface area contributed by atoms with Gasteiger partial charge in [0.25, 0.3) is 0 Å². The van der Waals surface area contributed by atoms with E-state index in [0.717, 1.165) is 17.0 Å². The van der Waals surface area contributed by atoms with Crippen LogP contribution in [0.1, 0.15) is 36.1 Å². The molecule has 3 aromatic rings. The maximum absolute atomic E-state index is 12.9. The minimum Gasteiger partial charge on any atom is -0.443 e. The van der Waals surface area contributed by atoms with Crippen LogP contribution in [0, 0.1) is 0 Å². The molecule has 0 radical (unpaired) electrons. The lowest BCUT2D eigenvalue weighted by atomic mass is 10.1. The molecule has 0 saturated carbocycles. The smallest absolute Gasteiger partial charge is 0.244 e. The molecular formula is C20H24N6O3. The maximum Gasteiger partial charge on any atom is 0.244 e. The highest BCUT2D eigenvalue weighted by atomic mass is 16.5. The Hall–Kier alpha value is -3.04. The molecule has 2 N–H and O–H groups in total. The van der Waals surface area contributed by atoms with Crippen LogP contribution in [0.25, 0.3) is 11.4 Å². The summed E-state index contributed by atoms with van der Waals surface area (Å²) >= 11 is 0. The van der Waals surface area contributed by atoms with Crippen molar-refractivity contribution < 1.29 is 13.9 Å². The Labute approximate surface area is 168 Å². The Morgan fingerprint density at radius 3 is 2.83 bits per heavy atom. The highest BCUT2D eigenvalue weighted by Gasteiger charge is 2.27. The van der Waals surface area contributed by atoms with Gasteiger partial charge in [0, 0.05) is 25.6 Å². The number of carbonyl (C=O) groups excluding carboxylic acids is 1. The molecule has 0 unspecified atom stereocenters. The lowest BCUT2D eigenvalue weighted by Crippen LogP contribution is -2.38. The van der Waals surface area contributed by atoms with Crippen LogP contribution in [-0.2, 0) is 35.6 Å². The predicted octanol–water partition coefficient (Wildman–Crippen LogP) is 1.68. The van der Waals surface area contributed by atoms with Crippen LogP contribution < -0.4 is 5.73 Å². The second-order valence-electron chi connectivity index (χ2n) is 7.08. The molecule has 0 bridgehead atoms. The predicted molar refractivity (Wildman–Crippen MR) is 104 cm³/mol. The van der Waals surface area contributed by atoms with Crippen molar-refractivity contribution in [3.8, 4) is 11.4 Å². The fraction of sp³-hybridized carbons (Fsp3) is 0.400. The Balaban J connectivity index is 1.51. The van der Waals surface area contributed by atoms with Gasteiger partial charge in [-0.05, 0) is 6.92 Å². The zero-order valence-electron chi connectivity index (χ0n) is 16.5. The molecule has 3 heterocycles. The van der Waals surface area contributed by atoms with E-state index in [2.05, 4.69) is 15.1 Å². The quantitative estimate of drug-likeness (QED) is 0.674. The third-order valence-corrected chi connectivity index (χ3v) is 4.82. The number of methoxy groups -OCH3 is 1. The van der Waals surface area contributed by atoms with Gasteiger partial charge >= 0.3 is 0 Å². The molecule has 29 heavy (non-hydrogen) atoms. The Bertz CT molecular complexity index is 995. The molecule has 1 aromatic carbocycles. The zero-order valence-corrected chi connectivity index (χ0v) is 16.5. The number of benzene rings is 1. The highest BCUT2D eigenvalue weighted by Crippen LogP contribution is 2.22. The Kier molecular flexibility index (Phi) is 5.41. The third-order valence-electron chi connectivity index (χ3n) is 4.82. The van der Waals surface area contributed by atoms with Gasteiger partial charge in [-0.15, -0.1) is 0 Å². The number of rotatable bonds is 6. The van der Waals surface area contributed by atoms with Gasteiger partial charge in [-0.3, -0.25) is 4.79 Å². The minimum atomic E-state index is -0.340. The van der Waals surface area contributed by atoms with Gasteiger partial charge in [-0.2, -0.15) is 5.10 Å². The summed E-state index contributed by atoms with van der Waals surface area (Å²) in [5.41, 5.74) is 7.74. The monoisotopic (exact) mass is 396 g/mol. The number of carbonyl (C=O) groups is 1. The molecule has 0 saturated heterocycles. The average molecular weight is 396 g/mol. The third kappa shape index (κ3) is 4.06. The standard InChI is InChI=1S/C20H24N6O3/c1-13(21)20-23-19(14-6-4-3-5-7-14)24-26(20)11-18(27)25-9-8-16-15(10-25)22-17(29-16)12-28-2/h3-7,13H,8-12,21H2,1-2H3/t13-/m0/s1. The molecule has 9 nitrogen and oxygen atoms in total. The minimum absolute atomic E-state index is 0.0571. The number of ether oxygens (including phenoxy) is 1. The molecule has 152 valence electrons. The van der Waals surface area contributed by atoms with Gasteiger partial charge in [-0.25, -0.2) is 14.6 Å². The van der Waals surface area contributed by atoms with Crippen LogP contribution in [-0.4, -0.2) is 44.2 Å². The second-order valence-corrected chi connectivity index (χ2v) is 7.08. The average Bonchev–Trinajstić information content (AvgIpc) is 3.32. The van der Waals surface area contributed by atoms with Crippen molar-refractivity contribution >= 4 is 5.91 Å². The summed E-state index contributed by atoms with van der Waals surface area (Å²) in [7, 11) is 1.59. The first-order chi connectivity index (χ1) is 14.0. The number of oxazole rings is 1. The van der Waals surface area contributed by atoms with Crippen LogP contribution in [0.4, 0.5) is 0 Å². The Morgan fingerprint density at radius 1 is 1.31 bits per heavy atom. The lowest BCUT2D eigenvalue weighted by Gasteiger charge is -2.25. The van der Waals surface area contributed by atoms with E-state index >= 15 is 0 Å². The zero-order chi connectivity index (χ0) is 20.4.